The van der Waals surface area contributed by atoms with Gasteiger partial charge in [0, 0.05) is 0 Å². The molecule has 0 radical (unpaired) electrons. The Morgan fingerprint density at radius 2 is 1.82 bits per heavy atom. The highest BCUT2D eigenvalue weighted by atomic mass is 32.2. The summed E-state index contributed by atoms with van der Waals surface area (Å²) in [5.41, 5.74) is 0. The molecule has 1 unspecified atom stereocenters. The Morgan fingerprint density at radius 3 is 2.27 bits per heavy atom. The summed E-state index contributed by atoms with van der Waals surface area (Å²) in [6.07, 6.45) is 9.23. The maximum Gasteiger partial charge on any atom is -0.00419 e. The number of unbranched alkanes of at least 4 members (excludes halogenated alkanes) is 1. The van der Waals surface area contributed by atoms with Crippen LogP contribution in [-0.4, -0.2) is 12.0 Å². The van der Waals surface area contributed by atoms with Crippen molar-refractivity contribution in [2.24, 2.45) is 5.92 Å². The smallest absolute Gasteiger partial charge is 0.00419 e. The van der Waals surface area contributed by atoms with Gasteiger partial charge in [0.25, 0.3) is 0 Å². The zero-order valence-corrected chi connectivity index (χ0v) is 9.04. The van der Waals surface area contributed by atoms with Crippen LogP contribution in [0.4, 0.5) is 0 Å². The Bertz CT molecular complexity index is 65.3. The summed E-state index contributed by atoms with van der Waals surface area (Å²) in [6, 6.07) is 0. The van der Waals surface area contributed by atoms with Crippen molar-refractivity contribution in [2.45, 2.75) is 46.0 Å². The molecule has 1 atom stereocenters. The third kappa shape index (κ3) is 6.74. The van der Waals surface area contributed by atoms with E-state index in [2.05, 4.69) is 20.1 Å². The van der Waals surface area contributed by atoms with Gasteiger partial charge in [-0.3, -0.25) is 0 Å². The van der Waals surface area contributed by atoms with Gasteiger partial charge in [-0.15, -0.1) is 0 Å². The molecule has 0 aliphatic rings. The summed E-state index contributed by atoms with van der Waals surface area (Å²) in [6.45, 7) is 4.57. The predicted molar refractivity (Wildman–Crippen MR) is 56.3 cm³/mol. The SMILES string of the molecule is CCCCC(CCC)CSC. The first-order valence-electron chi connectivity index (χ1n) is 4.84. The van der Waals surface area contributed by atoms with Gasteiger partial charge in [0.05, 0.1) is 0 Å². The molecule has 0 amide bonds. The van der Waals surface area contributed by atoms with Crippen LogP contribution in [0.5, 0.6) is 0 Å². The molecule has 0 saturated heterocycles. The molecule has 0 aromatic rings. The Kier molecular flexibility index (Phi) is 8.72. The number of thioether (sulfide) groups is 1. The van der Waals surface area contributed by atoms with Crippen LogP contribution in [0.2, 0.25) is 0 Å². The van der Waals surface area contributed by atoms with Crippen molar-refractivity contribution in [3.8, 4) is 0 Å². The summed E-state index contributed by atoms with van der Waals surface area (Å²) in [4.78, 5) is 0. The van der Waals surface area contributed by atoms with Crippen molar-refractivity contribution in [2.75, 3.05) is 12.0 Å². The van der Waals surface area contributed by atoms with Crippen molar-refractivity contribution in [3.63, 3.8) is 0 Å². The van der Waals surface area contributed by atoms with E-state index in [1.165, 1.54) is 37.9 Å². The van der Waals surface area contributed by atoms with Gasteiger partial charge < -0.3 is 0 Å². The van der Waals surface area contributed by atoms with Gasteiger partial charge in [-0.05, 0) is 30.8 Å². The van der Waals surface area contributed by atoms with Crippen molar-refractivity contribution in [3.05, 3.63) is 0 Å². The predicted octanol–water partition coefficient (Wildman–Crippen LogP) is 3.96. The van der Waals surface area contributed by atoms with Gasteiger partial charge in [0.1, 0.15) is 0 Å². The van der Waals surface area contributed by atoms with Gasteiger partial charge in [-0.1, -0.05) is 33.1 Å². The van der Waals surface area contributed by atoms with E-state index in [0.29, 0.717) is 0 Å². The van der Waals surface area contributed by atoms with Crippen LogP contribution < -0.4 is 0 Å². The Morgan fingerprint density at radius 1 is 1.09 bits per heavy atom. The maximum atomic E-state index is 2.29. The molecule has 1 heteroatoms. The number of rotatable bonds is 7. The summed E-state index contributed by atoms with van der Waals surface area (Å²) >= 11 is 2.00. The average Bonchev–Trinajstić information content (AvgIpc) is 2.01. The minimum Gasteiger partial charge on any atom is -0.165 e. The fraction of sp³-hybridized carbons (Fsp3) is 1.00. The van der Waals surface area contributed by atoms with E-state index in [4.69, 9.17) is 0 Å². The lowest BCUT2D eigenvalue weighted by atomic mass is 9.99. The molecule has 0 aromatic carbocycles. The van der Waals surface area contributed by atoms with Gasteiger partial charge in [0.2, 0.25) is 0 Å². The minimum atomic E-state index is 0.995. The lowest BCUT2D eigenvalue weighted by Crippen LogP contribution is -2.02. The van der Waals surface area contributed by atoms with E-state index in [1.807, 2.05) is 11.8 Å². The molecular formula is C10H22S. The Hall–Kier alpha value is 0.350. The van der Waals surface area contributed by atoms with Gasteiger partial charge in [-0.2, -0.15) is 11.8 Å². The fourth-order valence-corrected chi connectivity index (χ4v) is 2.25. The summed E-state index contributed by atoms with van der Waals surface area (Å²) in [5.74, 6) is 2.36. The number of hydrogen-bond acceptors (Lipinski definition) is 1. The third-order valence-corrected chi connectivity index (χ3v) is 2.87. The molecule has 0 nitrogen and oxygen atoms in total. The first-order valence-corrected chi connectivity index (χ1v) is 6.23. The molecular weight excluding hydrogens is 152 g/mol. The molecule has 0 bridgehead atoms. The van der Waals surface area contributed by atoms with Crippen LogP contribution in [0.1, 0.15) is 46.0 Å². The van der Waals surface area contributed by atoms with E-state index in [0.717, 1.165) is 5.92 Å². The van der Waals surface area contributed by atoms with Crippen LogP contribution in [-0.2, 0) is 0 Å². The Balaban J connectivity index is 3.34. The second-order valence-corrected chi connectivity index (χ2v) is 4.16. The molecule has 0 rings (SSSR count). The first-order chi connectivity index (χ1) is 5.35. The molecule has 0 aliphatic heterocycles. The molecule has 0 N–H and O–H groups in total. The normalized spacial score (nSPS) is 13.4. The molecule has 11 heavy (non-hydrogen) atoms. The van der Waals surface area contributed by atoms with E-state index >= 15 is 0 Å². The zero-order valence-electron chi connectivity index (χ0n) is 8.23. The monoisotopic (exact) mass is 174 g/mol. The highest BCUT2D eigenvalue weighted by Crippen LogP contribution is 2.18. The van der Waals surface area contributed by atoms with Gasteiger partial charge in [0.15, 0.2) is 0 Å². The zero-order chi connectivity index (χ0) is 8.53. The second-order valence-electron chi connectivity index (χ2n) is 3.25. The second kappa shape index (κ2) is 8.45. The van der Waals surface area contributed by atoms with Crippen LogP contribution in [0.3, 0.4) is 0 Å². The third-order valence-electron chi connectivity index (χ3n) is 2.07. The lowest BCUT2D eigenvalue weighted by Gasteiger charge is -2.13. The maximum absolute atomic E-state index is 2.29. The van der Waals surface area contributed by atoms with E-state index in [9.17, 15) is 0 Å². The van der Waals surface area contributed by atoms with Crippen LogP contribution in [0.25, 0.3) is 0 Å². The largest absolute Gasteiger partial charge is 0.165 e. The van der Waals surface area contributed by atoms with E-state index < -0.39 is 0 Å². The molecule has 0 fully saturated rings. The standard InChI is InChI=1S/C10H22S/c1-4-6-8-10(7-5-2)9-11-3/h10H,4-9H2,1-3H3. The minimum absolute atomic E-state index is 0.995. The quantitative estimate of drug-likeness (QED) is 0.563. The van der Waals surface area contributed by atoms with Crippen molar-refractivity contribution >= 4 is 11.8 Å². The van der Waals surface area contributed by atoms with Crippen molar-refractivity contribution < 1.29 is 0 Å². The van der Waals surface area contributed by atoms with Crippen LogP contribution in [0, 0.1) is 5.92 Å². The highest BCUT2D eigenvalue weighted by Gasteiger charge is 2.04. The molecule has 0 spiro atoms. The van der Waals surface area contributed by atoms with Gasteiger partial charge in [-0.25, -0.2) is 0 Å². The molecule has 0 aromatic heterocycles. The van der Waals surface area contributed by atoms with Crippen molar-refractivity contribution in [1.29, 1.82) is 0 Å². The van der Waals surface area contributed by atoms with Crippen LogP contribution in [0.15, 0.2) is 0 Å². The average molecular weight is 174 g/mol. The van der Waals surface area contributed by atoms with E-state index in [1.54, 1.807) is 0 Å². The molecule has 0 saturated carbocycles. The van der Waals surface area contributed by atoms with Crippen molar-refractivity contribution in [1.82, 2.24) is 0 Å². The fourth-order valence-electron chi connectivity index (χ4n) is 1.45. The topological polar surface area (TPSA) is 0 Å². The summed E-state index contributed by atoms with van der Waals surface area (Å²) in [5, 5.41) is 0. The van der Waals surface area contributed by atoms with E-state index in [-0.39, 0.29) is 0 Å². The first kappa shape index (κ1) is 11.4. The molecule has 0 heterocycles. The number of hydrogen-bond donors (Lipinski definition) is 0. The van der Waals surface area contributed by atoms with Crippen LogP contribution >= 0.6 is 11.8 Å². The van der Waals surface area contributed by atoms with Gasteiger partial charge >= 0.3 is 0 Å². The Labute approximate surface area is 76.1 Å². The molecule has 0 aliphatic carbocycles. The summed E-state index contributed by atoms with van der Waals surface area (Å²) in [7, 11) is 0. The summed E-state index contributed by atoms with van der Waals surface area (Å²) < 4.78 is 0. The molecule has 68 valence electrons. The lowest BCUT2D eigenvalue weighted by molar-refractivity contribution is 0.474. The highest BCUT2D eigenvalue weighted by molar-refractivity contribution is 7.98.